The molecule has 1 aliphatic heterocycles. The van der Waals surface area contributed by atoms with Crippen molar-refractivity contribution in [2.24, 2.45) is 0 Å². The van der Waals surface area contributed by atoms with E-state index < -0.39 is 0 Å². The van der Waals surface area contributed by atoms with Crippen LogP contribution in [0.3, 0.4) is 0 Å². The minimum Gasteiger partial charge on any atom is -0.493 e. The molecule has 2 aliphatic rings. The third-order valence-electron chi connectivity index (χ3n) is 4.78. The summed E-state index contributed by atoms with van der Waals surface area (Å²) in [6.45, 7) is 4.93. The molecule has 21 heavy (non-hydrogen) atoms. The van der Waals surface area contributed by atoms with Crippen molar-refractivity contribution in [2.75, 3.05) is 19.8 Å². The molecule has 1 saturated carbocycles. The molecule has 0 saturated heterocycles. The molecule has 1 N–H and O–H groups in total. The lowest BCUT2D eigenvalue weighted by Crippen LogP contribution is -2.35. The maximum atomic E-state index is 6.22. The summed E-state index contributed by atoms with van der Waals surface area (Å²) in [4.78, 5) is 0. The van der Waals surface area contributed by atoms with E-state index in [1.54, 1.807) is 0 Å². The lowest BCUT2D eigenvalue weighted by atomic mass is 9.91. The number of hydrogen-bond donors (Lipinski definition) is 1. The molecular weight excluding hydrogens is 262 g/mol. The predicted molar refractivity (Wildman–Crippen MR) is 85.0 cm³/mol. The van der Waals surface area contributed by atoms with E-state index in [4.69, 9.17) is 9.47 Å². The normalized spacial score (nSPS) is 28.7. The number of rotatable bonds is 5. The topological polar surface area (TPSA) is 30.5 Å². The second kappa shape index (κ2) is 7.28. The standard InChI is InChI=1S/C18H27NO2/c1-2-19-15-7-9-16(10-8-15)21-13-14-11-12-20-18-6-4-3-5-17(14)18/h3-6,14-16,19H,2,7-13H2,1H3. The highest BCUT2D eigenvalue weighted by molar-refractivity contribution is 5.37. The Morgan fingerprint density at radius 1 is 1.14 bits per heavy atom. The van der Waals surface area contributed by atoms with Crippen molar-refractivity contribution in [1.29, 1.82) is 0 Å². The van der Waals surface area contributed by atoms with Gasteiger partial charge in [0.1, 0.15) is 5.75 Å². The minimum absolute atomic E-state index is 0.454. The van der Waals surface area contributed by atoms with Crippen LogP contribution >= 0.6 is 0 Å². The molecular formula is C18H27NO2. The lowest BCUT2D eigenvalue weighted by molar-refractivity contribution is 0.00979. The zero-order valence-electron chi connectivity index (χ0n) is 13.0. The second-order valence-electron chi connectivity index (χ2n) is 6.24. The Labute approximate surface area is 128 Å². The molecule has 0 spiro atoms. The van der Waals surface area contributed by atoms with Crippen LogP contribution in [0.4, 0.5) is 0 Å². The molecule has 1 aromatic carbocycles. The number of ether oxygens (including phenoxy) is 2. The molecule has 0 amide bonds. The molecule has 3 rings (SSSR count). The van der Waals surface area contributed by atoms with Gasteiger partial charge in [-0.1, -0.05) is 25.1 Å². The van der Waals surface area contributed by atoms with Gasteiger partial charge in [0.05, 0.1) is 19.3 Å². The highest BCUT2D eigenvalue weighted by Crippen LogP contribution is 2.34. The van der Waals surface area contributed by atoms with Gasteiger partial charge in [-0.15, -0.1) is 0 Å². The van der Waals surface area contributed by atoms with E-state index in [-0.39, 0.29) is 0 Å². The average molecular weight is 289 g/mol. The van der Waals surface area contributed by atoms with Crippen molar-refractivity contribution in [3.05, 3.63) is 29.8 Å². The smallest absolute Gasteiger partial charge is 0.122 e. The van der Waals surface area contributed by atoms with Crippen molar-refractivity contribution >= 4 is 0 Å². The fourth-order valence-corrected chi connectivity index (χ4v) is 3.56. The summed E-state index contributed by atoms with van der Waals surface area (Å²) < 4.78 is 11.9. The zero-order valence-corrected chi connectivity index (χ0v) is 13.0. The maximum Gasteiger partial charge on any atom is 0.122 e. The molecule has 1 heterocycles. The summed E-state index contributed by atoms with van der Waals surface area (Å²) in [5, 5.41) is 3.55. The molecule has 1 aromatic rings. The molecule has 1 aliphatic carbocycles. The van der Waals surface area contributed by atoms with Gasteiger partial charge >= 0.3 is 0 Å². The number of para-hydroxylation sites is 1. The molecule has 0 bridgehead atoms. The van der Waals surface area contributed by atoms with Crippen LogP contribution in [0.2, 0.25) is 0 Å². The van der Waals surface area contributed by atoms with Gasteiger partial charge in [-0.2, -0.15) is 0 Å². The van der Waals surface area contributed by atoms with Crippen LogP contribution in [0.25, 0.3) is 0 Å². The van der Waals surface area contributed by atoms with Gasteiger partial charge in [0.15, 0.2) is 0 Å². The van der Waals surface area contributed by atoms with Gasteiger partial charge in [-0.05, 0) is 50.3 Å². The van der Waals surface area contributed by atoms with E-state index in [0.717, 1.165) is 31.9 Å². The Balaban J connectivity index is 1.48. The van der Waals surface area contributed by atoms with E-state index in [0.29, 0.717) is 18.1 Å². The van der Waals surface area contributed by atoms with Crippen LogP contribution in [-0.2, 0) is 4.74 Å². The largest absolute Gasteiger partial charge is 0.493 e. The number of nitrogens with one attached hydrogen (secondary N) is 1. The van der Waals surface area contributed by atoms with Crippen LogP contribution in [-0.4, -0.2) is 31.9 Å². The quantitative estimate of drug-likeness (QED) is 0.900. The van der Waals surface area contributed by atoms with Crippen molar-refractivity contribution in [3.8, 4) is 5.75 Å². The third kappa shape index (κ3) is 3.78. The molecule has 0 radical (unpaired) electrons. The first-order valence-corrected chi connectivity index (χ1v) is 8.43. The van der Waals surface area contributed by atoms with Crippen LogP contribution in [0.15, 0.2) is 24.3 Å². The maximum absolute atomic E-state index is 6.22. The lowest BCUT2D eigenvalue weighted by Gasteiger charge is -2.31. The molecule has 116 valence electrons. The van der Waals surface area contributed by atoms with Crippen LogP contribution in [0, 0.1) is 0 Å². The summed E-state index contributed by atoms with van der Waals surface area (Å²) in [5.41, 5.74) is 1.32. The third-order valence-corrected chi connectivity index (χ3v) is 4.78. The zero-order chi connectivity index (χ0) is 14.5. The Morgan fingerprint density at radius 3 is 2.76 bits per heavy atom. The second-order valence-corrected chi connectivity index (χ2v) is 6.24. The van der Waals surface area contributed by atoms with Gasteiger partial charge in [0, 0.05) is 12.0 Å². The van der Waals surface area contributed by atoms with Crippen molar-refractivity contribution in [1.82, 2.24) is 5.32 Å². The Kier molecular flexibility index (Phi) is 5.15. The number of hydrogen-bond acceptors (Lipinski definition) is 3. The summed E-state index contributed by atoms with van der Waals surface area (Å²) in [6, 6.07) is 9.11. The van der Waals surface area contributed by atoms with Crippen LogP contribution in [0.1, 0.15) is 50.5 Å². The van der Waals surface area contributed by atoms with Gasteiger partial charge < -0.3 is 14.8 Å². The summed E-state index contributed by atoms with van der Waals surface area (Å²) in [7, 11) is 0. The first-order valence-electron chi connectivity index (χ1n) is 8.43. The van der Waals surface area contributed by atoms with E-state index in [9.17, 15) is 0 Å². The van der Waals surface area contributed by atoms with Gasteiger partial charge in [0.25, 0.3) is 0 Å². The first-order chi connectivity index (χ1) is 10.4. The number of benzene rings is 1. The Bertz CT molecular complexity index is 441. The molecule has 3 nitrogen and oxygen atoms in total. The van der Waals surface area contributed by atoms with Gasteiger partial charge in [-0.25, -0.2) is 0 Å². The highest BCUT2D eigenvalue weighted by atomic mass is 16.5. The minimum atomic E-state index is 0.454. The summed E-state index contributed by atoms with van der Waals surface area (Å²) in [5.74, 6) is 1.55. The van der Waals surface area contributed by atoms with Crippen molar-refractivity contribution in [2.45, 2.75) is 57.1 Å². The fraction of sp³-hybridized carbons (Fsp3) is 0.667. The van der Waals surface area contributed by atoms with Crippen LogP contribution in [0.5, 0.6) is 5.75 Å². The predicted octanol–water partition coefficient (Wildman–Crippen LogP) is 3.49. The monoisotopic (exact) mass is 289 g/mol. The number of fused-ring (bicyclic) bond motifs is 1. The molecule has 1 atom stereocenters. The Morgan fingerprint density at radius 2 is 1.95 bits per heavy atom. The first kappa shape index (κ1) is 14.9. The van der Waals surface area contributed by atoms with Crippen molar-refractivity contribution < 1.29 is 9.47 Å². The fourth-order valence-electron chi connectivity index (χ4n) is 3.56. The molecule has 1 unspecified atom stereocenters. The van der Waals surface area contributed by atoms with Crippen molar-refractivity contribution in [3.63, 3.8) is 0 Å². The molecule has 1 fully saturated rings. The van der Waals surface area contributed by atoms with E-state index in [1.807, 2.05) is 6.07 Å². The molecule has 0 aromatic heterocycles. The summed E-state index contributed by atoms with van der Waals surface area (Å²) >= 11 is 0. The SMILES string of the molecule is CCNC1CCC(OCC2CCOc3ccccc32)CC1. The highest BCUT2D eigenvalue weighted by Gasteiger charge is 2.25. The summed E-state index contributed by atoms with van der Waals surface area (Å²) in [6.07, 6.45) is 6.43. The molecule has 3 heteroatoms. The Hall–Kier alpha value is -1.06. The van der Waals surface area contributed by atoms with Crippen LogP contribution < -0.4 is 10.1 Å². The van der Waals surface area contributed by atoms with E-state index in [1.165, 1.54) is 31.2 Å². The van der Waals surface area contributed by atoms with E-state index in [2.05, 4.69) is 30.4 Å². The van der Waals surface area contributed by atoms with E-state index >= 15 is 0 Å². The van der Waals surface area contributed by atoms with Gasteiger partial charge in [0.2, 0.25) is 0 Å². The average Bonchev–Trinajstić information content (AvgIpc) is 2.54. The van der Waals surface area contributed by atoms with Gasteiger partial charge in [-0.3, -0.25) is 0 Å².